The van der Waals surface area contributed by atoms with E-state index in [0.29, 0.717) is 16.1 Å². The van der Waals surface area contributed by atoms with Crippen molar-refractivity contribution in [3.63, 3.8) is 0 Å². The molecule has 0 fully saturated rings. The smallest absolute Gasteiger partial charge is 0.253 e. The molecule has 2 rings (SSSR count). The number of hydrogen-bond donors (Lipinski definition) is 2. The van der Waals surface area contributed by atoms with Gasteiger partial charge in [0.15, 0.2) is 5.78 Å². The van der Waals surface area contributed by atoms with Gasteiger partial charge in [-0.1, -0.05) is 41.9 Å². The highest BCUT2D eigenvalue weighted by atomic mass is 35.5. The summed E-state index contributed by atoms with van der Waals surface area (Å²) < 4.78 is 0. The van der Waals surface area contributed by atoms with Crippen LogP contribution in [0.15, 0.2) is 42.5 Å². The zero-order chi connectivity index (χ0) is 19.2. The van der Waals surface area contributed by atoms with Crippen molar-refractivity contribution in [3.8, 4) is 0 Å². The maximum absolute atomic E-state index is 12.4. The van der Waals surface area contributed by atoms with E-state index in [1.807, 2.05) is 20.8 Å². The van der Waals surface area contributed by atoms with Gasteiger partial charge in [-0.2, -0.15) is 0 Å². The van der Waals surface area contributed by atoms with Crippen molar-refractivity contribution in [2.24, 2.45) is 5.84 Å². The molecule has 2 aromatic rings. The summed E-state index contributed by atoms with van der Waals surface area (Å²) in [5, 5.41) is -0.296. The fourth-order valence-corrected chi connectivity index (χ4v) is 2.38. The van der Waals surface area contributed by atoms with Gasteiger partial charge in [-0.25, -0.2) is 0 Å². The van der Waals surface area contributed by atoms with Gasteiger partial charge in [0, 0.05) is 22.2 Å². The third-order valence-corrected chi connectivity index (χ3v) is 3.78. The molecule has 3 N–H and O–H groups in total. The Morgan fingerprint density at radius 2 is 1.44 bits per heavy atom. The molecule has 0 aliphatic heterocycles. The first-order chi connectivity index (χ1) is 11.6. The number of hydrogen-bond acceptors (Lipinski definition) is 4. The van der Waals surface area contributed by atoms with Gasteiger partial charge in [0.2, 0.25) is 0 Å². The Bertz CT molecular complexity index is 775. The van der Waals surface area contributed by atoms with Gasteiger partial charge in [0.25, 0.3) is 5.24 Å². The molecule has 4 nitrogen and oxygen atoms in total. The van der Waals surface area contributed by atoms with E-state index < -0.39 is 5.24 Å². The SMILES string of the molecule is CC(C)(C)NN.Cc1cccc(C(=O)c2ccccc2Cl)c1C(=O)Cl.Cl.Cl. The first-order valence-electron chi connectivity index (χ1n) is 7.65. The second-order valence-corrected chi connectivity index (χ2v) is 7.22. The van der Waals surface area contributed by atoms with Crippen molar-refractivity contribution < 1.29 is 9.59 Å². The molecule has 0 bridgehead atoms. The van der Waals surface area contributed by atoms with E-state index in [0.717, 1.165) is 0 Å². The highest BCUT2D eigenvalue weighted by Gasteiger charge is 2.20. The number of aryl methyl sites for hydroxylation is 1. The second kappa shape index (κ2) is 12.3. The fraction of sp³-hybridized carbons (Fsp3) is 0.263. The van der Waals surface area contributed by atoms with Crippen LogP contribution < -0.4 is 11.3 Å². The predicted octanol–water partition coefficient (Wildman–Crippen LogP) is 5.35. The highest BCUT2D eigenvalue weighted by molar-refractivity contribution is 6.68. The number of nitrogens with one attached hydrogen (secondary N) is 1. The van der Waals surface area contributed by atoms with Crippen LogP contribution in [0.5, 0.6) is 0 Å². The Hall–Kier alpha value is -1.14. The van der Waals surface area contributed by atoms with Gasteiger partial charge in [-0.3, -0.25) is 20.9 Å². The fourth-order valence-electron chi connectivity index (χ4n) is 1.91. The van der Waals surface area contributed by atoms with Crippen molar-refractivity contribution >= 4 is 59.0 Å². The molecule has 27 heavy (non-hydrogen) atoms. The third kappa shape index (κ3) is 8.60. The van der Waals surface area contributed by atoms with Crippen molar-refractivity contribution in [3.05, 3.63) is 69.7 Å². The standard InChI is InChI=1S/C15H10Cl2O2.C4H12N2.2ClH/c1-9-5-4-7-11(13(9)15(17)19)14(18)10-6-2-3-8-12(10)16;1-4(2,3)6-5;;/h2-8H,1H3;6H,5H2,1-3H3;2*1H. The van der Waals surface area contributed by atoms with E-state index in [4.69, 9.17) is 29.0 Å². The topological polar surface area (TPSA) is 72.2 Å². The molecule has 0 saturated carbocycles. The van der Waals surface area contributed by atoms with E-state index in [1.54, 1.807) is 49.4 Å². The van der Waals surface area contributed by atoms with Crippen LogP contribution in [0.2, 0.25) is 5.02 Å². The molecule has 0 unspecified atom stereocenters. The van der Waals surface area contributed by atoms with Crippen molar-refractivity contribution in [1.82, 2.24) is 5.43 Å². The molecule has 0 aromatic heterocycles. The number of hydrazine groups is 1. The minimum atomic E-state index is -0.645. The molecule has 0 amide bonds. The van der Waals surface area contributed by atoms with Gasteiger partial charge in [-0.05, 0) is 57.0 Å². The minimum Gasteiger partial charge on any atom is -0.289 e. The summed E-state index contributed by atoms with van der Waals surface area (Å²) >= 11 is 11.6. The molecule has 0 atom stereocenters. The quantitative estimate of drug-likeness (QED) is 0.284. The second-order valence-electron chi connectivity index (χ2n) is 6.47. The molecular weight excluding hydrogens is 430 g/mol. The van der Waals surface area contributed by atoms with Crippen LogP contribution in [0.1, 0.15) is 52.6 Å². The molecule has 0 aliphatic rings. The summed E-state index contributed by atoms with van der Waals surface area (Å²) in [5.74, 6) is 4.75. The highest BCUT2D eigenvalue weighted by Crippen LogP contribution is 2.23. The van der Waals surface area contributed by atoms with E-state index in [-0.39, 0.29) is 47.3 Å². The molecule has 150 valence electrons. The van der Waals surface area contributed by atoms with E-state index >= 15 is 0 Å². The molecule has 0 heterocycles. The van der Waals surface area contributed by atoms with Gasteiger partial charge in [0.05, 0.1) is 5.02 Å². The normalized spacial score (nSPS) is 9.89. The molecule has 0 spiro atoms. The van der Waals surface area contributed by atoms with Crippen molar-refractivity contribution in [1.29, 1.82) is 0 Å². The van der Waals surface area contributed by atoms with Crippen LogP contribution in [-0.4, -0.2) is 16.6 Å². The van der Waals surface area contributed by atoms with Gasteiger partial charge in [-0.15, -0.1) is 24.8 Å². The summed E-state index contributed by atoms with van der Waals surface area (Å²) in [6.45, 7) is 7.76. The lowest BCUT2D eigenvalue weighted by atomic mass is 9.96. The van der Waals surface area contributed by atoms with Crippen LogP contribution in [-0.2, 0) is 0 Å². The van der Waals surface area contributed by atoms with Crippen LogP contribution in [0, 0.1) is 6.92 Å². The average molecular weight is 454 g/mol. The lowest BCUT2D eigenvalue weighted by Gasteiger charge is -2.14. The maximum Gasteiger partial charge on any atom is 0.253 e. The van der Waals surface area contributed by atoms with Crippen molar-refractivity contribution in [2.75, 3.05) is 0 Å². The van der Waals surface area contributed by atoms with Gasteiger partial charge >= 0.3 is 0 Å². The summed E-state index contributed by atoms with van der Waals surface area (Å²) in [6.07, 6.45) is 0. The third-order valence-electron chi connectivity index (χ3n) is 3.27. The summed E-state index contributed by atoms with van der Waals surface area (Å²) in [4.78, 5) is 23.9. The Balaban J connectivity index is 0. The zero-order valence-corrected chi connectivity index (χ0v) is 18.7. The van der Waals surface area contributed by atoms with Crippen LogP contribution in [0.3, 0.4) is 0 Å². The number of carbonyl (C=O) groups excluding carboxylic acids is 2. The Morgan fingerprint density at radius 3 is 1.89 bits per heavy atom. The average Bonchev–Trinajstić information content (AvgIpc) is 2.54. The molecule has 0 saturated heterocycles. The lowest BCUT2D eigenvalue weighted by molar-refractivity contribution is 0.102. The zero-order valence-electron chi connectivity index (χ0n) is 15.5. The van der Waals surface area contributed by atoms with Crippen molar-refractivity contribution in [2.45, 2.75) is 33.2 Å². The Labute approximate surface area is 182 Å². The molecule has 0 radical (unpaired) electrons. The summed E-state index contributed by atoms with van der Waals surface area (Å²) in [7, 11) is 0. The Kier molecular flexibility index (Phi) is 12.8. The number of benzene rings is 2. The number of carbonyl (C=O) groups is 2. The summed E-state index contributed by atoms with van der Waals surface area (Å²) in [6, 6.07) is 11.7. The van der Waals surface area contributed by atoms with Gasteiger partial charge < -0.3 is 0 Å². The Morgan fingerprint density at radius 1 is 0.963 bits per heavy atom. The first kappa shape index (κ1) is 28.1. The number of ketones is 1. The van der Waals surface area contributed by atoms with Gasteiger partial charge in [0.1, 0.15) is 0 Å². The largest absolute Gasteiger partial charge is 0.289 e. The molecular formula is C19H24Cl4N2O2. The molecule has 8 heteroatoms. The number of rotatable bonds is 3. The molecule has 2 aromatic carbocycles. The van der Waals surface area contributed by atoms with Crippen LogP contribution in [0.4, 0.5) is 0 Å². The van der Waals surface area contributed by atoms with Crippen LogP contribution >= 0.6 is 48.0 Å². The minimum absolute atomic E-state index is 0. The first-order valence-corrected chi connectivity index (χ1v) is 8.40. The summed E-state index contributed by atoms with van der Waals surface area (Å²) in [5.41, 5.74) is 4.20. The lowest BCUT2D eigenvalue weighted by Crippen LogP contribution is -2.41. The van der Waals surface area contributed by atoms with E-state index in [1.165, 1.54) is 0 Å². The predicted molar refractivity (Wildman–Crippen MR) is 118 cm³/mol. The number of halogens is 4. The monoisotopic (exact) mass is 452 g/mol. The van der Waals surface area contributed by atoms with E-state index in [9.17, 15) is 9.59 Å². The maximum atomic E-state index is 12.4. The molecule has 0 aliphatic carbocycles. The number of nitrogens with two attached hydrogens (primary N) is 1. The van der Waals surface area contributed by atoms with Crippen LogP contribution in [0.25, 0.3) is 0 Å². The van der Waals surface area contributed by atoms with E-state index in [2.05, 4.69) is 5.43 Å².